The van der Waals surface area contributed by atoms with Gasteiger partial charge in [-0.1, -0.05) is 11.8 Å². The van der Waals surface area contributed by atoms with Crippen molar-refractivity contribution < 1.29 is 9.47 Å². The van der Waals surface area contributed by atoms with Gasteiger partial charge in [0, 0.05) is 43.5 Å². The molecule has 32 heavy (non-hydrogen) atoms. The molecule has 3 aliphatic heterocycles. The number of fused-ring (bicyclic) bond motifs is 5. The second-order valence-corrected chi connectivity index (χ2v) is 11.2. The Bertz CT molecular complexity index is 1180. The summed E-state index contributed by atoms with van der Waals surface area (Å²) in [5.74, 6) is 2.16. The van der Waals surface area contributed by atoms with Crippen molar-refractivity contribution in [2.75, 3.05) is 55.4 Å². The van der Waals surface area contributed by atoms with Crippen molar-refractivity contribution in [2.45, 2.75) is 50.5 Å². The number of morpholine rings is 1. The Labute approximate surface area is 196 Å². The quantitative estimate of drug-likeness (QED) is 0.415. The lowest BCUT2D eigenvalue weighted by Crippen LogP contribution is -2.39. The van der Waals surface area contributed by atoms with Crippen LogP contribution in [0.3, 0.4) is 0 Å². The zero-order valence-electron chi connectivity index (χ0n) is 18.9. The average molecular weight is 472 g/mol. The molecule has 3 aromatic heterocycles. The highest BCUT2D eigenvalue weighted by Gasteiger charge is 2.34. The molecule has 6 heterocycles. The van der Waals surface area contributed by atoms with Gasteiger partial charge in [0.2, 0.25) is 0 Å². The number of hydrogen-bond donors (Lipinski definition) is 0. The minimum Gasteiger partial charge on any atom is -0.378 e. The van der Waals surface area contributed by atoms with Crippen LogP contribution in [-0.2, 0) is 22.5 Å². The van der Waals surface area contributed by atoms with Crippen LogP contribution in [0.15, 0.2) is 5.16 Å². The predicted molar refractivity (Wildman–Crippen MR) is 132 cm³/mol. The fourth-order valence-electron chi connectivity index (χ4n) is 5.09. The standard InChI is InChI=1S/C23H29N5O2S2/c1-23(2)12-14-15(13-30-23)19(28-8-10-29-11-9-28)25-21-16(14)17-18(32-21)20(26-22(24-17)31-3)27-6-4-5-7-27/h4-13H2,1-3H3. The molecule has 0 unspecified atom stereocenters. The third kappa shape index (κ3) is 3.45. The van der Waals surface area contributed by atoms with Crippen molar-refractivity contribution in [1.29, 1.82) is 0 Å². The molecule has 0 atom stereocenters. The number of nitrogens with zero attached hydrogens (tertiary/aromatic N) is 5. The maximum atomic E-state index is 6.27. The number of thioether (sulfide) groups is 1. The molecule has 0 bridgehead atoms. The van der Waals surface area contributed by atoms with Gasteiger partial charge in [-0.15, -0.1) is 11.3 Å². The Morgan fingerprint density at radius 2 is 1.69 bits per heavy atom. The number of aromatic nitrogens is 3. The number of rotatable bonds is 3. The summed E-state index contributed by atoms with van der Waals surface area (Å²) in [6, 6.07) is 0. The third-order valence-electron chi connectivity index (χ3n) is 6.73. The molecule has 2 saturated heterocycles. The number of hydrogen-bond acceptors (Lipinski definition) is 9. The summed E-state index contributed by atoms with van der Waals surface area (Å²) in [7, 11) is 0. The molecule has 0 aliphatic carbocycles. The van der Waals surface area contributed by atoms with Gasteiger partial charge in [0.1, 0.15) is 10.6 Å². The molecular weight excluding hydrogens is 442 g/mol. The van der Waals surface area contributed by atoms with Crippen LogP contribution in [0.4, 0.5) is 11.6 Å². The maximum absolute atomic E-state index is 6.27. The van der Waals surface area contributed by atoms with E-state index in [1.165, 1.54) is 34.1 Å². The van der Waals surface area contributed by atoms with Crippen molar-refractivity contribution in [2.24, 2.45) is 0 Å². The first kappa shape index (κ1) is 20.9. The van der Waals surface area contributed by atoms with Gasteiger partial charge in [-0.3, -0.25) is 0 Å². The second kappa shape index (κ2) is 7.97. The van der Waals surface area contributed by atoms with Crippen molar-refractivity contribution in [3.63, 3.8) is 0 Å². The maximum Gasteiger partial charge on any atom is 0.189 e. The van der Waals surface area contributed by atoms with Crippen LogP contribution in [-0.4, -0.2) is 66.2 Å². The molecule has 2 fully saturated rings. The van der Waals surface area contributed by atoms with Crippen LogP contribution in [0.2, 0.25) is 0 Å². The lowest BCUT2D eigenvalue weighted by atomic mass is 9.90. The van der Waals surface area contributed by atoms with Gasteiger partial charge in [0.15, 0.2) is 11.0 Å². The van der Waals surface area contributed by atoms with Crippen LogP contribution in [0.5, 0.6) is 0 Å². The molecule has 3 aromatic rings. The summed E-state index contributed by atoms with van der Waals surface area (Å²) in [6.45, 7) is 10.3. The number of thiophene rings is 1. The van der Waals surface area contributed by atoms with Gasteiger partial charge in [0.05, 0.1) is 35.6 Å². The summed E-state index contributed by atoms with van der Waals surface area (Å²) in [4.78, 5) is 21.1. The van der Waals surface area contributed by atoms with Crippen LogP contribution < -0.4 is 9.80 Å². The summed E-state index contributed by atoms with van der Waals surface area (Å²) in [5, 5.41) is 2.06. The Hall–Kier alpha value is -1.68. The van der Waals surface area contributed by atoms with Gasteiger partial charge in [-0.2, -0.15) is 0 Å². The summed E-state index contributed by atoms with van der Waals surface area (Å²) in [6.07, 6.45) is 5.38. The molecular formula is C23H29N5O2S2. The van der Waals surface area contributed by atoms with E-state index in [4.69, 9.17) is 24.4 Å². The predicted octanol–water partition coefficient (Wildman–Crippen LogP) is 4.25. The van der Waals surface area contributed by atoms with E-state index >= 15 is 0 Å². The molecule has 0 radical (unpaired) electrons. The van der Waals surface area contributed by atoms with E-state index in [-0.39, 0.29) is 5.60 Å². The van der Waals surface area contributed by atoms with Gasteiger partial charge in [-0.25, -0.2) is 15.0 Å². The van der Waals surface area contributed by atoms with Gasteiger partial charge >= 0.3 is 0 Å². The Kier molecular flexibility index (Phi) is 5.20. The normalized spacial score (nSPS) is 21.0. The monoisotopic (exact) mass is 471 g/mol. The zero-order valence-corrected chi connectivity index (χ0v) is 20.6. The van der Waals surface area contributed by atoms with E-state index in [0.717, 1.165) is 73.0 Å². The van der Waals surface area contributed by atoms with Gasteiger partial charge in [-0.05, 0) is 38.5 Å². The molecule has 170 valence electrons. The molecule has 0 saturated carbocycles. The fourth-order valence-corrected chi connectivity index (χ4v) is 6.61. The molecule has 0 amide bonds. The SMILES string of the molecule is CSc1nc(N2CCCC2)c2sc3nc(N4CCOCC4)c4c(c3c2n1)CC(C)(C)OC4. The number of pyridine rings is 1. The Morgan fingerprint density at radius 1 is 0.938 bits per heavy atom. The first-order valence-electron chi connectivity index (χ1n) is 11.5. The number of anilines is 2. The first-order valence-corrected chi connectivity index (χ1v) is 13.5. The van der Waals surface area contributed by atoms with Gasteiger partial charge in [0.25, 0.3) is 0 Å². The molecule has 0 N–H and O–H groups in total. The largest absolute Gasteiger partial charge is 0.378 e. The summed E-state index contributed by atoms with van der Waals surface area (Å²) >= 11 is 3.38. The lowest BCUT2D eigenvalue weighted by Gasteiger charge is -2.36. The average Bonchev–Trinajstić information content (AvgIpc) is 3.46. The van der Waals surface area contributed by atoms with Crippen molar-refractivity contribution in [3.8, 4) is 0 Å². The molecule has 0 aromatic carbocycles. The second-order valence-electron chi connectivity index (χ2n) is 9.41. The van der Waals surface area contributed by atoms with E-state index in [2.05, 4.69) is 29.9 Å². The molecule has 6 rings (SSSR count). The smallest absolute Gasteiger partial charge is 0.189 e. The topological polar surface area (TPSA) is 63.6 Å². The van der Waals surface area contributed by atoms with Crippen LogP contribution in [0.1, 0.15) is 37.8 Å². The van der Waals surface area contributed by atoms with Gasteiger partial charge < -0.3 is 19.3 Å². The van der Waals surface area contributed by atoms with E-state index in [1.807, 2.05) is 0 Å². The molecule has 0 spiro atoms. The van der Waals surface area contributed by atoms with Crippen LogP contribution in [0.25, 0.3) is 20.4 Å². The minimum atomic E-state index is -0.203. The van der Waals surface area contributed by atoms with Crippen molar-refractivity contribution in [3.05, 3.63) is 11.1 Å². The Morgan fingerprint density at radius 3 is 2.44 bits per heavy atom. The number of ether oxygens (including phenoxy) is 2. The summed E-state index contributed by atoms with van der Waals surface area (Å²) < 4.78 is 13.1. The van der Waals surface area contributed by atoms with E-state index < -0.39 is 0 Å². The van der Waals surface area contributed by atoms with E-state index in [0.29, 0.717) is 6.61 Å². The lowest BCUT2D eigenvalue weighted by molar-refractivity contribution is -0.0396. The highest BCUT2D eigenvalue weighted by Crippen LogP contribution is 2.45. The van der Waals surface area contributed by atoms with E-state index in [9.17, 15) is 0 Å². The summed E-state index contributed by atoms with van der Waals surface area (Å²) in [5.41, 5.74) is 3.45. The molecule has 7 nitrogen and oxygen atoms in total. The van der Waals surface area contributed by atoms with Crippen molar-refractivity contribution >= 4 is 55.2 Å². The van der Waals surface area contributed by atoms with Crippen LogP contribution in [0, 0.1) is 0 Å². The Balaban J connectivity index is 1.64. The van der Waals surface area contributed by atoms with E-state index in [1.54, 1.807) is 23.1 Å². The third-order valence-corrected chi connectivity index (χ3v) is 8.35. The van der Waals surface area contributed by atoms with Crippen LogP contribution >= 0.6 is 23.1 Å². The zero-order chi connectivity index (χ0) is 21.9. The highest BCUT2D eigenvalue weighted by molar-refractivity contribution is 7.98. The molecule has 9 heteroatoms. The first-order chi connectivity index (χ1) is 15.5. The minimum absolute atomic E-state index is 0.203. The fraction of sp³-hybridized carbons (Fsp3) is 0.609. The molecule has 3 aliphatic rings. The highest BCUT2D eigenvalue weighted by atomic mass is 32.2. The van der Waals surface area contributed by atoms with Crippen molar-refractivity contribution in [1.82, 2.24) is 15.0 Å².